The molecule has 16 heavy (non-hydrogen) atoms. The molecule has 1 heterocycles. The highest BCUT2D eigenvalue weighted by atomic mass is 15.2. The molecule has 0 saturated carbocycles. The Hall–Kier alpha value is -1.63. The SMILES string of the molecule is Cc1nnc(NCCC(C)C)c(C#N)c1C. The number of hydrogen-bond acceptors (Lipinski definition) is 4. The average Bonchev–Trinajstić information content (AvgIpc) is 2.23. The fourth-order valence-electron chi connectivity index (χ4n) is 1.35. The van der Waals surface area contributed by atoms with Gasteiger partial charge in [-0.2, -0.15) is 10.4 Å². The van der Waals surface area contributed by atoms with Crippen molar-refractivity contribution in [3.63, 3.8) is 0 Å². The Morgan fingerprint density at radius 2 is 2.00 bits per heavy atom. The molecule has 0 aliphatic rings. The van der Waals surface area contributed by atoms with E-state index in [1.165, 1.54) is 0 Å². The van der Waals surface area contributed by atoms with E-state index in [1.807, 2.05) is 13.8 Å². The zero-order valence-electron chi connectivity index (χ0n) is 10.3. The Bertz CT molecular complexity index is 404. The van der Waals surface area contributed by atoms with Crippen LogP contribution >= 0.6 is 0 Å². The summed E-state index contributed by atoms with van der Waals surface area (Å²) in [4.78, 5) is 0. The van der Waals surface area contributed by atoms with Gasteiger partial charge in [-0.25, -0.2) is 0 Å². The number of nitrogens with zero attached hydrogens (tertiary/aromatic N) is 3. The molecule has 1 aromatic rings. The molecule has 1 N–H and O–H groups in total. The summed E-state index contributed by atoms with van der Waals surface area (Å²) < 4.78 is 0. The molecule has 0 amide bonds. The number of nitriles is 1. The van der Waals surface area contributed by atoms with Gasteiger partial charge in [0.2, 0.25) is 0 Å². The molecule has 4 nitrogen and oxygen atoms in total. The molecular formula is C12H18N4. The number of nitrogens with one attached hydrogen (secondary N) is 1. The van der Waals surface area contributed by atoms with Crippen LogP contribution < -0.4 is 5.32 Å². The van der Waals surface area contributed by atoms with Gasteiger partial charge in [-0.05, 0) is 31.7 Å². The molecule has 0 fully saturated rings. The lowest BCUT2D eigenvalue weighted by atomic mass is 10.1. The number of aromatic nitrogens is 2. The van der Waals surface area contributed by atoms with E-state index in [2.05, 4.69) is 35.4 Å². The minimum atomic E-state index is 0.603. The first-order chi connectivity index (χ1) is 7.56. The van der Waals surface area contributed by atoms with Gasteiger partial charge in [0.05, 0.1) is 5.69 Å². The van der Waals surface area contributed by atoms with E-state index < -0.39 is 0 Å². The van der Waals surface area contributed by atoms with Gasteiger partial charge in [-0.15, -0.1) is 5.10 Å². The first-order valence-electron chi connectivity index (χ1n) is 5.54. The Labute approximate surface area is 96.7 Å². The first-order valence-corrected chi connectivity index (χ1v) is 5.54. The summed E-state index contributed by atoms with van der Waals surface area (Å²) >= 11 is 0. The Morgan fingerprint density at radius 1 is 1.31 bits per heavy atom. The van der Waals surface area contributed by atoms with Gasteiger partial charge in [-0.3, -0.25) is 0 Å². The van der Waals surface area contributed by atoms with Gasteiger partial charge in [0.25, 0.3) is 0 Å². The fraction of sp³-hybridized carbons (Fsp3) is 0.583. The van der Waals surface area contributed by atoms with Gasteiger partial charge in [0.1, 0.15) is 11.6 Å². The highest BCUT2D eigenvalue weighted by Gasteiger charge is 2.09. The molecule has 1 aromatic heterocycles. The number of aryl methyl sites for hydroxylation is 1. The summed E-state index contributed by atoms with van der Waals surface area (Å²) in [5, 5.41) is 20.3. The molecule has 4 heteroatoms. The number of hydrogen-bond donors (Lipinski definition) is 1. The van der Waals surface area contributed by atoms with E-state index in [9.17, 15) is 0 Å². The van der Waals surface area contributed by atoms with Gasteiger partial charge in [0.15, 0.2) is 5.82 Å². The summed E-state index contributed by atoms with van der Waals surface area (Å²) in [6.45, 7) is 8.92. The van der Waals surface area contributed by atoms with Crippen LogP contribution in [0.1, 0.15) is 37.1 Å². The minimum Gasteiger partial charge on any atom is -0.367 e. The quantitative estimate of drug-likeness (QED) is 0.843. The van der Waals surface area contributed by atoms with Crippen molar-refractivity contribution in [2.24, 2.45) is 5.92 Å². The van der Waals surface area contributed by atoms with Crippen molar-refractivity contribution in [1.29, 1.82) is 5.26 Å². The van der Waals surface area contributed by atoms with E-state index >= 15 is 0 Å². The van der Waals surface area contributed by atoms with Crippen molar-refractivity contribution in [1.82, 2.24) is 10.2 Å². The van der Waals surface area contributed by atoms with Gasteiger partial charge >= 0.3 is 0 Å². The third-order valence-electron chi connectivity index (χ3n) is 2.58. The largest absolute Gasteiger partial charge is 0.367 e. The van der Waals surface area contributed by atoms with Crippen LogP contribution in [0.4, 0.5) is 5.82 Å². The van der Waals surface area contributed by atoms with Crippen LogP contribution in [0.5, 0.6) is 0 Å². The average molecular weight is 218 g/mol. The molecule has 0 aromatic carbocycles. The van der Waals surface area contributed by atoms with Crippen LogP contribution in [-0.4, -0.2) is 16.7 Å². The Morgan fingerprint density at radius 3 is 2.56 bits per heavy atom. The molecule has 0 radical (unpaired) electrons. The second-order valence-corrected chi connectivity index (χ2v) is 4.36. The van der Waals surface area contributed by atoms with Gasteiger partial charge < -0.3 is 5.32 Å². The molecule has 0 spiro atoms. The van der Waals surface area contributed by atoms with Crippen molar-refractivity contribution in [2.45, 2.75) is 34.1 Å². The van der Waals surface area contributed by atoms with E-state index in [0.29, 0.717) is 17.3 Å². The lowest BCUT2D eigenvalue weighted by Crippen LogP contribution is -2.10. The van der Waals surface area contributed by atoms with Gasteiger partial charge in [0, 0.05) is 6.54 Å². The van der Waals surface area contributed by atoms with Crippen molar-refractivity contribution in [2.75, 3.05) is 11.9 Å². The Balaban J connectivity index is 2.81. The van der Waals surface area contributed by atoms with Crippen molar-refractivity contribution in [3.05, 3.63) is 16.8 Å². The lowest BCUT2D eigenvalue weighted by molar-refractivity contribution is 0.606. The highest BCUT2D eigenvalue weighted by Crippen LogP contribution is 2.17. The summed E-state index contributed by atoms with van der Waals surface area (Å²) in [6, 6.07) is 2.18. The topological polar surface area (TPSA) is 61.6 Å². The normalized spacial score (nSPS) is 10.2. The molecular weight excluding hydrogens is 200 g/mol. The standard InChI is InChI=1S/C12H18N4/c1-8(2)5-6-14-12-11(7-13)9(3)10(4)15-16-12/h8H,5-6H2,1-4H3,(H,14,16). The van der Waals surface area contributed by atoms with Crippen LogP contribution in [0, 0.1) is 31.1 Å². The van der Waals surface area contributed by atoms with E-state index in [-0.39, 0.29) is 0 Å². The maximum Gasteiger partial charge on any atom is 0.166 e. The zero-order chi connectivity index (χ0) is 12.1. The molecule has 0 aliphatic carbocycles. The van der Waals surface area contributed by atoms with Crippen LogP contribution in [0.2, 0.25) is 0 Å². The third kappa shape index (κ3) is 2.93. The van der Waals surface area contributed by atoms with Crippen LogP contribution in [0.3, 0.4) is 0 Å². The van der Waals surface area contributed by atoms with Crippen molar-refractivity contribution < 1.29 is 0 Å². The lowest BCUT2D eigenvalue weighted by Gasteiger charge is -2.10. The maximum absolute atomic E-state index is 9.07. The Kier molecular flexibility index (Phi) is 4.24. The second kappa shape index (κ2) is 5.45. The van der Waals surface area contributed by atoms with Crippen LogP contribution in [-0.2, 0) is 0 Å². The third-order valence-corrected chi connectivity index (χ3v) is 2.58. The zero-order valence-corrected chi connectivity index (χ0v) is 10.3. The smallest absolute Gasteiger partial charge is 0.166 e. The van der Waals surface area contributed by atoms with Gasteiger partial charge in [-0.1, -0.05) is 13.8 Å². The van der Waals surface area contributed by atoms with E-state index in [1.54, 1.807) is 0 Å². The summed E-state index contributed by atoms with van der Waals surface area (Å²) in [5.74, 6) is 1.24. The maximum atomic E-state index is 9.07. The predicted molar refractivity (Wildman–Crippen MR) is 64.2 cm³/mol. The summed E-state index contributed by atoms with van der Waals surface area (Å²) in [7, 11) is 0. The number of rotatable bonds is 4. The minimum absolute atomic E-state index is 0.603. The van der Waals surface area contributed by atoms with Crippen LogP contribution in [0.15, 0.2) is 0 Å². The molecule has 0 unspecified atom stereocenters. The summed E-state index contributed by atoms with van der Waals surface area (Å²) in [6.07, 6.45) is 1.06. The predicted octanol–water partition coefficient (Wildman–Crippen LogP) is 2.42. The molecule has 86 valence electrons. The van der Waals surface area contributed by atoms with Crippen molar-refractivity contribution >= 4 is 5.82 Å². The molecule has 0 atom stereocenters. The first kappa shape index (κ1) is 12.4. The molecule has 0 saturated heterocycles. The van der Waals surface area contributed by atoms with Crippen molar-refractivity contribution in [3.8, 4) is 6.07 Å². The highest BCUT2D eigenvalue weighted by molar-refractivity contribution is 5.55. The van der Waals surface area contributed by atoms with E-state index in [0.717, 1.165) is 24.2 Å². The summed E-state index contributed by atoms with van der Waals surface area (Å²) in [5.41, 5.74) is 2.33. The molecule has 1 rings (SSSR count). The monoisotopic (exact) mass is 218 g/mol. The van der Waals surface area contributed by atoms with Crippen LogP contribution in [0.25, 0.3) is 0 Å². The number of anilines is 1. The molecule has 0 aliphatic heterocycles. The molecule has 0 bridgehead atoms. The van der Waals surface area contributed by atoms with E-state index in [4.69, 9.17) is 5.26 Å². The fourth-order valence-corrected chi connectivity index (χ4v) is 1.35. The second-order valence-electron chi connectivity index (χ2n) is 4.36.